The summed E-state index contributed by atoms with van der Waals surface area (Å²) >= 11 is 6.17. The second-order valence-electron chi connectivity index (χ2n) is 5.10. The predicted octanol–water partition coefficient (Wildman–Crippen LogP) is 2.90. The van der Waals surface area contributed by atoms with Crippen molar-refractivity contribution in [1.82, 2.24) is 0 Å². The Morgan fingerprint density at radius 1 is 1.47 bits per heavy atom. The number of carbonyl (C=O) groups is 1. The van der Waals surface area contributed by atoms with E-state index in [9.17, 15) is 9.90 Å². The number of piperidine rings is 1. The zero-order chi connectivity index (χ0) is 14.0. The van der Waals surface area contributed by atoms with Crippen molar-refractivity contribution in [3.63, 3.8) is 0 Å². The molecule has 0 aliphatic carbocycles. The maximum Gasteiger partial charge on any atom is 0.309 e. The smallest absolute Gasteiger partial charge is 0.309 e. The van der Waals surface area contributed by atoms with Gasteiger partial charge in [-0.3, -0.25) is 4.79 Å². The van der Waals surface area contributed by atoms with E-state index in [2.05, 4.69) is 6.07 Å². The highest BCUT2D eigenvalue weighted by atomic mass is 35.5. The van der Waals surface area contributed by atoms with Crippen LogP contribution in [0.2, 0.25) is 5.02 Å². The van der Waals surface area contributed by atoms with Gasteiger partial charge < -0.3 is 10.0 Å². The third-order valence-electron chi connectivity index (χ3n) is 3.81. The first-order valence-corrected chi connectivity index (χ1v) is 6.53. The fourth-order valence-corrected chi connectivity index (χ4v) is 2.66. The number of aliphatic carboxylic acids is 1. The molecule has 1 aromatic carbocycles. The van der Waals surface area contributed by atoms with E-state index in [1.807, 2.05) is 4.90 Å². The predicted molar refractivity (Wildman–Crippen MR) is 73.4 cm³/mol. The molecule has 0 radical (unpaired) electrons. The van der Waals surface area contributed by atoms with E-state index in [0.717, 1.165) is 5.69 Å². The molecule has 0 spiro atoms. The number of anilines is 1. The van der Waals surface area contributed by atoms with Gasteiger partial charge in [0.2, 0.25) is 0 Å². The molecule has 4 nitrogen and oxygen atoms in total. The Morgan fingerprint density at radius 3 is 2.63 bits per heavy atom. The minimum atomic E-state index is -0.758. The van der Waals surface area contributed by atoms with Crippen LogP contribution < -0.4 is 4.90 Å². The topological polar surface area (TPSA) is 64.3 Å². The van der Waals surface area contributed by atoms with Gasteiger partial charge in [0.05, 0.1) is 21.7 Å². The Labute approximate surface area is 117 Å². The van der Waals surface area contributed by atoms with E-state index in [4.69, 9.17) is 16.9 Å². The van der Waals surface area contributed by atoms with Gasteiger partial charge >= 0.3 is 5.97 Å². The van der Waals surface area contributed by atoms with E-state index in [1.165, 1.54) is 0 Å². The highest BCUT2D eigenvalue weighted by Gasteiger charge is 2.37. The molecule has 0 bridgehead atoms. The van der Waals surface area contributed by atoms with E-state index >= 15 is 0 Å². The van der Waals surface area contributed by atoms with Crippen molar-refractivity contribution in [1.29, 1.82) is 5.26 Å². The first-order chi connectivity index (χ1) is 8.98. The van der Waals surface area contributed by atoms with Crippen LogP contribution in [0.3, 0.4) is 0 Å². The van der Waals surface area contributed by atoms with Crippen molar-refractivity contribution in [2.45, 2.75) is 19.8 Å². The zero-order valence-corrected chi connectivity index (χ0v) is 11.4. The summed E-state index contributed by atoms with van der Waals surface area (Å²) in [6.45, 7) is 2.97. The summed E-state index contributed by atoms with van der Waals surface area (Å²) in [4.78, 5) is 13.2. The van der Waals surface area contributed by atoms with E-state index in [0.29, 0.717) is 36.5 Å². The molecule has 0 amide bonds. The number of carboxylic acids is 1. The van der Waals surface area contributed by atoms with Gasteiger partial charge in [-0.1, -0.05) is 17.7 Å². The molecule has 2 rings (SSSR count). The second kappa shape index (κ2) is 5.10. The molecule has 0 unspecified atom stereocenters. The molecule has 1 saturated heterocycles. The summed E-state index contributed by atoms with van der Waals surface area (Å²) in [5, 5.41) is 18.9. The molecular weight excluding hydrogens is 264 g/mol. The number of benzene rings is 1. The number of hydrogen-bond acceptors (Lipinski definition) is 3. The lowest BCUT2D eigenvalue weighted by atomic mass is 9.80. The van der Waals surface area contributed by atoms with Gasteiger partial charge in [-0.05, 0) is 31.9 Å². The highest BCUT2D eigenvalue weighted by Crippen LogP contribution is 2.37. The van der Waals surface area contributed by atoms with Gasteiger partial charge in [-0.2, -0.15) is 5.26 Å². The Balaban J connectivity index is 2.24. The Bertz CT molecular complexity index is 543. The number of rotatable bonds is 2. The fraction of sp³-hybridized carbons (Fsp3) is 0.429. The molecule has 100 valence electrons. The van der Waals surface area contributed by atoms with Crippen LogP contribution in [0.4, 0.5) is 5.69 Å². The third kappa shape index (κ3) is 2.52. The van der Waals surface area contributed by atoms with E-state index in [1.54, 1.807) is 25.1 Å². The standard InChI is InChI=1S/C14H15ClN2O2/c1-14(13(18)19)5-7-17(8-6-14)12-10(9-16)3-2-4-11(12)15/h2-4H,5-8H2,1H3,(H,18,19). The van der Waals surface area contributed by atoms with Gasteiger partial charge in [0.15, 0.2) is 0 Å². The molecule has 0 aromatic heterocycles. The first-order valence-electron chi connectivity index (χ1n) is 6.15. The quantitative estimate of drug-likeness (QED) is 0.903. The van der Waals surface area contributed by atoms with E-state index in [-0.39, 0.29) is 0 Å². The lowest BCUT2D eigenvalue weighted by molar-refractivity contribution is -0.149. The monoisotopic (exact) mass is 278 g/mol. The van der Waals surface area contributed by atoms with Crippen molar-refractivity contribution < 1.29 is 9.90 Å². The van der Waals surface area contributed by atoms with Crippen molar-refractivity contribution in [2.75, 3.05) is 18.0 Å². The van der Waals surface area contributed by atoms with Gasteiger partial charge in [-0.25, -0.2) is 0 Å². The minimum Gasteiger partial charge on any atom is -0.481 e. The van der Waals surface area contributed by atoms with Gasteiger partial charge in [0.25, 0.3) is 0 Å². The molecular formula is C14H15ClN2O2. The maximum absolute atomic E-state index is 11.2. The van der Waals surface area contributed by atoms with Crippen molar-refractivity contribution in [3.8, 4) is 6.07 Å². The normalized spacial score (nSPS) is 17.8. The third-order valence-corrected chi connectivity index (χ3v) is 4.11. The van der Waals surface area contributed by atoms with Crippen LogP contribution in [0.1, 0.15) is 25.3 Å². The van der Waals surface area contributed by atoms with Crippen LogP contribution in [0, 0.1) is 16.7 Å². The van der Waals surface area contributed by atoms with E-state index < -0.39 is 11.4 Å². The van der Waals surface area contributed by atoms with Crippen LogP contribution in [0.25, 0.3) is 0 Å². The molecule has 0 atom stereocenters. The highest BCUT2D eigenvalue weighted by molar-refractivity contribution is 6.33. The summed E-state index contributed by atoms with van der Waals surface area (Å²) in [6, 6.07) is 7.36. The van der Waals surface area contributed by atoms with Crippen molar-refractivity contribution in [3.05, 3.63) is 28.8 Å². The Morgan fingerprint density at radius 2 is 2.11 bits per heavy atom. The number of carboxylic acid groups (broad SMARTS) is 1. The Hall–Kier alpha value is -1.73. The minimum absolute atomic E-state index is 0.534. The summed E-state index contributed by atoms with van der Waals surface area (Å²) in [7, 11) is 0. The number of nitrogens with zero attached hydrogens (tertiary/aromatic N) is 2. The van der Waals surface area contributed by atoms with Gasteiger partial charge in [0, 0.05) is 13.1 Å². The Kier molecular flexibility index (Phi) is 3.68. The molecule has 1 aromatic rings. The molecule has 1 aliphatic heterocycles. The number of nitriles is 1. The zero-order valence-electron chi connectivity index (χ0n) is 10.7. The van der Waals surface area contributed by atoms with Crippen molar-refractivity contribution >= 4 is 23.3 Å². The molecule has 1 N–H and O–H groups in total. The van der Waals surface area contributed by atoms with Crippen LogP contribution in [0.15, 0.2) is 18.2 Å². The number of para-hydroxylation sites is 1. The summed E-state index contributed by atoms with van der Waals surface area (Å²) in [6.07, 6.45) is 1.11. The first kappa shape index (κ1) is 13.7. The second-order valence-corrected chi connectivity index (χ2v) is 5.51. The number of hydrogen-bond donors (Lipinski definition) is 1. The van der Waals surface area contributed by atoms with Crippen LogP contribution >= 0.6 is 11.6 Å². The van der Waals surface area contributed by atoms with Gasteiger partial charge in [0.1, 0.15) is 6.07 Å². The van der Waals surface area contributed by atoms with Gasteiger partial charge in [-0.15, -0.1) is 0 Å². The largest absolute Gasteiger partial charge is 0.481 e. The molecule has 1 fully saturated rings. The molecule has 19 heavy (non-hydrogen) atoms. The molecule has 1 heterocycles. The average molecular weight is 279 g/mol. The average Bonchev–Trinajstić information content (AvgIpc) is 2.39. The lowest BCUT2D eigenvalue weighted by Gasteiger charge is -2.38. The SMILES string of the molecule is CC1(C(=O)O)CCN(c2c(Cl)cccc2C#N)CC1. The van der Waals surface area contributed by atoms with Crippen molar-refractivity contribution in [2.24, 2.45) is 5.41 Å². The molecule has 1 aliphatic rings. The van der Waals surface area contributed by atoms with Crippen LogP contribution in [-0.2, 0) is 4.79 Å². The summed E-state index contributed by atoms with van der Waals surface area (Å²) < 4.78 is 0. The lowest BCUT2D eigenvalue weighted by Crippen LogP contribution is -2.43. The number of halogens is 1. The molecule has 5 heteroatoms. The fourth-order valence-electron chi connectivity index (χ4n) is 2.36. The summed E-state index contributed by atoms with van der Waals surface area (Å²) in [5.74, 6) is -0.758. The maximum atomic E-state index is 11.2. The summed E-state index contributed by atoms with van der Waals surface area (Å²) in [5.41, 5.74) is 0.579. The van der Waals surface area contributed by atoms with Crippen LogP contribution in [-0.4, -0.2) is 24.2 Å². The molecule has 0 saturated carbocycles. The van der Waals surface area contributed by atoms with Crippen LogP contribution in [0.5, 0.6) is 0 Å².